The predicted molar refractivity (Wildman–Crippen MR) is 81.8 cm³/mol. The first-order chi connectivity index (χ1) is 10.1. The maximum absolute atomic E-state index is 12.3. The molecule has 0 spiro atoms. The highest BCUT2D eigenvalue weighted by molar-refractivity contribution is 5.68. The van der Waals surface area contributed by atoms with E-state index in [1.54, 1.807) is 0 Å². The lowest BCUT2D eigenvalue weighted by atomic mass is 9.98. The average molecular weight is 288 g/mol. The molecule has 0 aromatic heterocycles. The summed E-state index contributed by atoms with van der Waals surface area (Å²) in [6.45, 7) is 2.59. The number of fused-ring (bicyclic) bond motifs is 1. The maximum Gasteiger partial charge on any atom is 0.345 e. The van der Waals surface area contributed by atoms with Crippen molar-refractivity contribution in [3.63, 3.8) is 0 Å². The van der Waals surface area contributed by atoms with Crippen LogP contribution in [0.15, 0.2) is 24.3 Å². The van der Waals surface area contributed by atoms with Crippen molar-refractivity contribution in [2.24, 2.45) is 5.92 Å². The van der Waals surface area contributed by atoms with Crippen LogP contribution in [0.1, 0.15) is 50.2 Å². The zero-order valence-corrected chi connectivity index (χ0v) is 12.9. The second-order valence-corrected chi connectivity index (χ2v) is 6.87. The molecule has 3 nitrogen and oxygen atoms in total. The van der Waals surface area contributed by atoms with Crippen LogP contribution in [0.3, 0.4) is 0 Å². The molecule has 1 fully saturated rings. The van der Waals surface area contributed by atoms with Crippen molar-refractivity contribution in [1.29, 1.82) is 0 Å². The minimum Gasteiger partial charge on any atom is -0.228 e. The van der Waals surface area contributed by atoms with Gasteiger partial charge in [0.2, 0.25) is 0 Å². The number of hydrogen-bond acceptors (Lipinski definition) is 2. The lowest BCUT2D eigenvalue weighted by Crippen LogP contribution is -2.52. The van der Waals surface area contributed by atoms with Crippen molar-refractivity contribution in [3.05, 3.63) is 35.4 Å². The van der Waals surface area contributed by atoms with E-state index < -0.39 is 0 Å². The molecular formula is C18H26NO2+. The Hall–Kier alpha value is -1.19. The lowest BCUT2D eigenvalue weighted by Gasteiger charge is -2.27. The van der Waals surface area contributed by atoms with Crippen molar-refractivity contribution in [2.45, 2.75) is 57.9 Å². The van der Waals surface area contributed by atoms with Crippen molar-refractivity contribution >= 4 is 5.91 Å². The number of carbonyl (C=O) groups excluding carboxylic acids is 1. The van der Waals surface area contributed by atoms with E-state index in [0.717, 1.165) is 38.5 Å². The highest BCUT2D eigenvalue weighted by atomic mass is 16.6. The molecule has 2 aliphatic rings. The van der Waals surface area contributed by atoms with Crippen LogP contribution < -0.4 is 0 Å². The van der Waals surface area contributed by atoms with Gasteiger partial charge < -0.3 is 0 Å². The fourth-order valence-electron chi connectivity index (χ4n) is 4.02. The largest absolute Gasteiger partial charge is 0.345 e. The minimum absolute atomic E-state index is 0.0236. The smallest absolute Gasteiger partial charge is 0.228 e. The molecule has 2 atom stereocenters. The summed E-state index contributed by atoms with van der Waals surface area (Å²) >= 11 is 0. The Morgan fingerprint density at radius 3 is 2.52 bits per heavy atom. The highest BCUT2D eigenvalue weighted by Gasteiger charge is 2.44. The summed E-state index contributed by atoms with van der Waals surface area (Å²) < 4.78 is -0.315. The Labute approximate surface area is 127 Å². The number of rotatable bonds is 4. The van der Waals surface area contributed by atoms with E-state index in [4.69, 9.17) is 0 Å². The third-order valence-electron chi connectivity index (χ3n) is 5.42. The highest BCUT2D eigenvalue weighted by Crippen LogP contribution is 2.31. The Bertz CT molecular complexity index is 503. The molecule has 1 heterocycles. The summed E-state index contributed by atoms with van der Waals surface area (Å²) in [7, 11) is 0. The van der Waals surface area contributed by atoms with Gasteiger partial charge in [-0.2, -0.15) is 0 Å². The third kappa shape index (κ3) is 2.90. The predicted octanol–water partition coefficient (Wildman–Crippen LogP) is 3.49. The van der Waals surface area contributed by atoms with Crippen molar-refractivity contribution in [3.8, 4) is 0 Å². The maximum atomic E-state index is 12.3. The molecule has 3 heteroatoms. The number of hydroxylamine groups is 3. The summed E-state index contributed by atoms with van der Waals surface area (Å²) in [5, 5.41) is 10.5. The Kier molecular flexibility index (Phi) is 4.14. The molecule has 3 rings (SSSR count). The summed E-state index contributed by atoms with van der Waals surface area (Å²) in [5.74, 6) is 0.703. The van der Waals surface area contributed by atoms with Crippen LogP contribution in [-0.4, -0.2) is 28.3 Å². The van der Waals surface area contributed by atoms with Gasteiger partial charge in [-0.3, -0.25) is 0 Å². The van der Waals surface area contributed by atoms with Gasteiger partial charge in [0.15, 0.2) is 0 Å². The van der Waals surface area contributed by atoms with Crippen LogP contribution in [0.25, 0.3) is 0 Å². The molecule has 1 amide bonds. The van der Waals surface area contributed by atoms with E-state index in [2.05, 4.69) is 24.3 Å². The topological polar surface area (TPSA) is 37.3 Å². The summed E-state index contributed by atoms with van der Waals surface area (Å²) in [6.07, 6.45) is 6.74. The molecule has 1 N–H and O–H groups in total. The molecular weight excluding hydrogens is 262 g/mol. The first-order valence-corrected chi connectivity index (χ1v) is 8.30. The molecule has 1 aromatic carbocycles. The number of quaternary nitrogens is 1. The summed E-state index contributed by atoms with van der Waals surface area (Å²) in [4.78, 5) is 12.3. The zero-order chi connectivity index (χ0) is 14.9. The number of likely N-dealkylation sites (tertiary alicyclic amines) is 1. The lowest BCUT2D eigenvalue weighted by molar-refractivity contribution is -1.05. The van der Waals surface area contributed by atoms with Crippen LogP contribution >= 0.6 is 0 Å². The minimum atomic E-state index is -0.315. The van der Waals surface area contributed by atoms with Gasteiger partial charge in [-0.05, 0) is 49.7 Å². The molecule has 21 heavy (non-hydrogen) atoms. The number of hydrogen-bond donors (Lipinski definition) is 1. The molecule has 1 aromatic rings. The summed E-state index contributed by atoms with van der Waals surface area (Å²) in [6, 6.07) is 8.74. The second kappa shape index (κ2) is 5.90. The Balaban J connectivity index is 1.46. The molecule has 1 unspecified atom stereocenters. The molecule has 114 valence electrons. The second-order valence-electron chi connectivity index (χ2n) is 6.87. The van der Waals surface area contributed by atoms with E-state index in [1.165, 1.54) is 11.1 Å². The van der Waals surface area contributed by atoms with Crippen molar-refractivity contribution in [2.75, 3.05) is 6.54 Å². The van der Waals surface area contributed by atoms with Gasteiger partial charge in [0, 0.05) is 12.8 Å². The van der Waals surface area contributed by atoms with Gasteiger partial charge in [-0.15, -0.1) is 4.65 Å². The number of carbonyl (C=O) groups is 1. The number of benzene rings is 1. The molecule has 1 aliphatic heterocycles. The number of nitrogens with zero attached hydrogens (tertiary/aromatic N) is 1. The van der Waals surface area contributed by atoms with Crippen molar-refractivity contribution in [1.82, 2.24) is 0 Å². The van der Waals surface area contributed by atoms with Crippen LogP contribution in [0, 0.1) is 5.92 Å². The van der Waals surface area contributed by atoms with E-state index in [1.807, 2.05) is 6.92 Å². The van der Waals surface area contributed by atoms with Gasteiger partial charge in [-0.1, -0.05) is 24.3 Å². The molecule has 0 bridgehead atoms. The molecule has 1 aliphatic carbocycles. The Morgan fingerprint density at radius 2 is 1.95 bits per heavy atom. The van der Waals surface area contributed by atoms with Gasteiger partial charge in [-0.25, -0.2) is 10.0 Å². The van der Waals surface area contributed by atoms with E-state index in [-0.39, 0.29) is 16.6 Å². The third-order valence-corrected chi connectivity index (χ3v) is 5.42. The van der Waals surface area contributed by atoms with Crippen molar-refractivity contribution < 1.29 is 14.6 Å². The van der Waals surface area contributed by atoms with Gasteiger partial charge in [0.25, 0.3) is 0 Å². The van der Waals surface area contributed by atoms with Crippen LogP contribution in [-0.2, 0) is 17.6 Å². The SMILES string of the molecule is C[C@@H]1CCC[N+]1(O)C(=O)CCCC1Cc2ccccc2C1. The standard InChI is InChI=1S/C18H26NO2/c1-14-6-5-11-19(14,21)18(20)10-4-7-15-12-16-8-2-3-9-17(16)13-15/h2-3,8-9,14-15,21H,4-7,10-13H2,1H3/q+1/t14-,19?/m1/s1. The molecule has 0 saturated carbocycles. The van der Waals surface area contributed by atoms with Crippen LogP contribution in [0.4, 0.5) is 0 Å². The van der Waals surface area contributed by atoms with Crippen LogP contribution in [0.2, 0.25) is 0 Å². The summed E-state index contributed by atoms with van der Waals surface area (Å²) in [5.41, 5.74) is 2.96. The zero-order valence-electron chi connectivity index (χ0n) is 12.9. The van der Waals surface area contributed by atoms with Gasteiger partial charge >= 0.3 is 5.91 Å². The first-order valence-electron chi connectivity index (χ1n) is 8.30. The molecule has 1 saturated heterocycles. The van der Waals surface area contributed by atoms with E-state index in [9.17, 15) is 10.0 Å². The number of amides is 1. The average Bonchev–Trinajstić information content (AvgIpc) is 3.03. The van der Waals surface area contributed by atoms with Crippen LogP contribution in [0.5, 0.6) is 0 Å². The van der Waals surface area contributed by atoms with E-state index in [0.29, 0.717) is 18.9 Å². The van der Waals surface area contributed by atoms with Gasteiger partial charge in [0.1, 0.15) is 12.6 Å². The quantitative estimate of drug-likeness (QED) is 0.680. The fraction of sp³-hybridized carbons (Fsp3) is 0.611. The molecule has 0 radical (unpaired) electrons. The Morgan fingerprint density at radius 1 is 1.29 bits per heavy atom. The normalized spacial score (nSPS) is 28.8. The fourth-order valence-corrected chi connectivity index (χ4v) is 4.02. The van der Waals surface area contributed by atoms with Gasteiger partial charge in [0.05, 0.1) is 6.42 Å². The van der Waals surface area contributed by atoms with E-state index >= 15 is 0 Å². The monoisotopic (exact) mass is 288 g/mol. The first kappa shape index (κ1) is 14.7.